The Hall–Kier alpha value is 0.430. The van der Waals surface area contributed by atoms with Gasteiger partial charge in [0, 0.05) is 11.1 Å². The van der Waals surface area contributed by atoms with Gasteiger partial charge in [-0.3, -0.25) is 0 Å². The van der Waals surface area contributed by atoms with Crippen molar-refractivity contribution in [3.63, 3.8) is 0 Å². The predicted molar refractivity (Wildman–Crippen MR) is 56.5 cm³/mol. The van der Waals surface area contributed by atoms with Crippen LogP contribution in [0.4, 0.5) is 0 Å². The first-order valence-electron chi connectivity index (χ1n) is 4.28. The SMILES string of the molecule is CCS(=O)(=O)CCCC(C)CBr. The van der Waals surface area contributed by atoms with E-state index in [4.69, 9.17) is 0 Å². The van der Waals surface area contributed by atoms with Crippen LogP contribution in [0.5, 0.6) is 0 Å². The van der Waals surface area contributed by atoms with E-state index in [1.54, 1.807) is 6.92 Å². The minimum Gasteiger partial charge on any atom is -0.229 e. The second-order valence-electron chi connectivity index (χ2n) is 3.14. The molecule has 0 amide bonds. The third-order valence-electron chi connectivity index (χ3n) is 1.86. The van der Waals surface area contributed by atoms with Crippen LogP contribution in [0.3, 0.4) is 0 Å². The van der Waals surface area contributed by atoms with Crippen LogP contribution in [0.2, 0.25) is 0 Å². The van der Waals surface area contributed by atoms with Crippen molar-refractivity contribution in [2.75, 3.05) is 16.8 Å². The van der Waals surface area contributed by atoms with E-state index < -0.39 is 9.84 Å². The molecule has 0 radical (unpaired) electrons. The summed E-state index contributed by atoms with van der Waals surface area (Å²) in [7, 11) is -2.74. The van der Waals surface area contributed by atoms with Crippen LogP contribution in [0.25, 0.3) is 0 Å². The van der Waals surface area contributed by atoms with E-state index >= 15 is 0 Å². The highest BCUT2D eigenvalue weighted by molar-refractivity contribution is 9.09. The minimum atomic E-state index is -2.74. The van der Waals surface area contributed by atoms with Crippen molar-refractivity contribution in [2.45, 2.75) is 26.7 Å². The zero-order valence-corrected chi connectivity index (χ0v) is 10.1. The lowest BCUT2D eigenvalue weighted by atomic mass is 10.1. The molecule has 0 rings (SSSR count). The number of hydrogen-bond donors (Lipinski definition) is 0. The number of rotatable bonds is 6. The normalized spacial score (nSPS) is 14.6. The van der Waals surface area contributed by atoms with E-state index in [0.29, 0.717) is 11.7 Å². The Morgan fingerprint density at radius 1 is 1.42 bits per heavy atom. The van der Waals surface area contributed by atoms with E-state index in [1.165, 1.54) is 0 Å². The molecule has 0 aromatic heterocycles. The van der Waals surface area contributed by atoms with Gasteiger partial charge < -0.3 is 0 Å². The van der Waals surface area contributed by atoms with Crippen LogP contribution in [0.1, 0.15) is 26.7 Å². The van der Waals surface area contributed by atoms with Crippen LogP contribution in [0.15, 0.2) is 0 Å². The van der Waals surface area contributed by atoms with Crippen molar-refractivity contribution < 1.29 is 8.42 Å². The maximum atomic E-state index is 11.1. The molecule has 0 aliphatic carbocycles. The third-order valence-corrected chi connectivity index (χ3v) is 4.75. The van der Waals surface area contributed by atoms with E-state index in [0.717, 1.165) is 18.2 Å². The fourth-order valence-corrected chi connectivity index (χ4v) is 2.09. The molecule has 0 aliphatic heterocycles. The molecule has 0 aromatic carbocycles. The van der Waals surface area contributed by atoms with Crippen LogP contribution in [-0.2, 0) is 9.84 Å². The van der Waals surface area contributed by atoms with Crippen molar-refractivity contribution in [3.05, 3.63) is 0 Å². The number of alkyl halides is 1. The van der Waals surface area contributed by atoms with Gasteiger partial charge in [0.15, 0.2) is 0 Å². The van der Waals surface area contributed by atoms with Gasteiger partial charge >= 0.3 is 0 Å². The van der Waals surface area contributed by atoms with Crippen molar-refractivity contribution in [1.29, 1.82) is 0 Å². The first-order chi connectivity index (χ1) is 5.52. The lowest BCUT2D eigenvalue weighted by molar-refractivity contribution is 0.567. The quantitative estimate of drug-likeness (QED) is 0.684. The smallest absolute Gasteiger partial charge is 0.150 e. The Morgan fingerprint density at radius 2 is 2.00 bits per heavy atom. The van der Waals surface area contributed by atoms with Gasteiger partial charge in [-0.25, -0.2) is 8.42 Å². The number of halogens is 1. The Bertz CT molecular complexity index is 199. The van der Waals surface area contributed by atoms with Gasteiger partial charge in [-0.1, -0.05) is 29.8 Å². The largest absolute Gasteiger partial charge is 0.229 e. The highest BCUT2D eigenvalue weighted by Gasteiger charge is 2.07. The standard InChI is InChI=1S/C8H17BrO2S/c1-3-12(10,11)6-4-5-8(2)7-9/h8H,3-7H2,1-2H3. The number of hydrogen-bond acceptors (Lipinski definition) is 2. The zero-order chi connectivity index (χ0) is 9.61. The fourth-order valence-electron chi connectivity index (χ4n) is 0.873. The number of sulfone groups is 1. The molecule has 1 atom stereocenters. The molecule has 12 heavy (non-hydrogen) atoms. The highest BCUT2D eigenvalue weighted by atomic mass is 79.9. The maximum absolute atomic E-state index is 11.1. The summed E-state index contributed by atoms with van der Waals surface area (Å²) in [4.78, 5) is 0. The van der Waals surface area contributed by atoms with Crippen LogP contribution < -0.4 is 0 Å². The minimum absolute atomic E-state index is 0.274. The molecule has 0 fully saturated rings. The zero-order valence-electron chi connectivity index (χ0n) is 7.72. The van der Waals surface area contributed by atoms with Gasteiger partial charge in [0.05, 0.1) is 5.75 Å². The summed E-state index contributed by atoms with van der Waals surface area (Å²) in [5.74, 6) is 1.20. The van der Waals surface area contributed by atoms with E-state index in [1.807, 2.05) is 0 Å². The Morgan fingerprint density at radius 3 is 2.42 bits per heavy atom. The summed E-state index contributed by atoms with van der Waals surface area (Å²) in [6, 6.07) is 0. The second-order valence-corrected chi connectivity index (χ2v) is 6.26. The molecule has 0 spiro atoms. The van der Waals surface area contributed by atoms with Gasteiger partial charge in [0.25, 0.3) is 0 Å². The van der Waals surface area contributed by atoms with Gasteiger partial charge in [-0.15, -0.1) is 0 Å². The molecule has 0 aromatic rings. The van der Waals surface area contributed by atoms with Crippen molar-refractivity contribution >= 4 is 25.8 Å². The molecule has 0 bridgehead atoms. The molecular formula is C8H17BrO2S. The average Bonchev–Trinajstić information content (AvgIpc) is 2.04. The molecule has 1 unspecified atom stereocenters. The molecular weight excluding hydrogens is 240 g/mol. The molecule has 2 nitrogen and oxygen atoms in total. The third kappa shape index (κ3) is 6.00. The maximum Gasteiger partial charge on any atom is 0.150 e. The van der Waals surface area contributed by atoms with Gasteiger partial charge in [0.2, 0.25) is 0 Å². The van der Waals surface area contributed by atoms with E-state index in [-0.39, 0.29) is 5.75 Å². The van der Waals surface area contributed by atoms with E-state index in [2.05, 4.69) is 22.9 Å². The summed E-state index contributed by atoms with van der Waals surface area (Å²) in [5.41, 5.74) is 0. The van der Waals surface area contributed by atoms with Crippen LogP contribution in [0, 0.1) is 5.92 Å². The first kappa shape index (κ1) is 12.4. The molecule has 4 heteroatoms. The van der Waals surface area contributed by atoms with Gasteiger partial charge in [0.1, 0.15) is 9.84 Å². The Kier molecular flexibility index (Phi) is 6.19. The fraction of sp³-hybridized carbons (Fsp3) is 1.00. The Balaban J connectivity index is 3.57. The molecule has 0 saturated carbocycles. The van der Waals surface area contributed by atoms with Crippen molar-refractivity contribution in [2.24, 2.45) is 5.92 Å². The lowest BCUT2D eigenvalue weighted by Gasteiger charge is -2.06. The predicted octanol–water partition coefficient (Wildman–Crippen LogP) is 2.23. The lowest BCUT2D eigenvalue weighted by Crippen LogP contribution is -2.09. The highest BCUT2D eigenvalue weighted by Crippen LogP contribution is 2.09. The Labute approximate surface area is 83.8 Å². The monoisotopic (exact) mass is 256 g/mol. The molecule has 0 N–H and O–H groups in total. The van der Waals surface area contributed by atoms with Crippen LogP contribution >= 0.6 is 15.9 Å². The summed E-state index contributed by atoms with van der Waals surface area (Å²) < 4.78 is 22.1. The van der Waals surface area contributed by atoms with E-state index in [9.17, 15) is 8.42 Å². The topological polar surface area (TPSA) is 34.1 Å². The molecule has 0 aliphatic rings. The molecule has 74 valence electrons. The average molecular weight is 257 g/mol. The summed E-state index contributed by atoms with van der Waals surface area (Å²) in [5, 5.41) is 0.958. The van der Waals surface area contributed by atoms with Crippen molar-refractivity contribution in [3.8, 4) is 0 Å². The van der Waals surface area contributed by atoms with Crippen LogP contribution in [-0.4, -0.2) is 25.3 Å². The molecule has 0 heterocycles. The first-order valence-corrected chi connectivity index (χ1v) is 7.22. The van der Waals surface area contributed by atoms with Gasteiger partial charge in [-0.2, -0.15) is 0 Å². The van der Waals surface area contributed by atoms with Crippen molar-refractivity contribution in [1.82, 2.24) is 0 Å². The molecule has 0 saturated heterocycles. The summed E-state index contributed by atoms with van der Waals surface area (Å²) in [6.07, 6.45) is 1.79. The summed E-state index contributed by atoms with van der Waals surface area (Å²) in [6.45, 7) is 3.82. The summed E-state index contributed by atoms with van der Waals surface area (Å²) >= 11 is 3.36. The second kappa shape index (κ2) is 5.97. The van der Waals surface area contributed by atoms with Gasteiger partial charge in [-0.05, 0) is 18.8 Å².